The minimum Gasteiger partial charge on any atom is -0.330 e. The third-order valence-corrected chi connectivity index (χ3v) is 3.84. The summed E-state index contributed by atoms with van der Waals surface area (Å²) in [6, 6.07) is 3.52. The number of carbonyl (C=O) groups excluding carboxylic acids is 1. The molecule has 0 saturated heterocycles. The Labute approximate surface area is 115 Å². The van der Waals surface area contributed by atoms with Gasteiger partial charge in [0.25, 0.3) is 0 Å². The van der Waals surface area contributed by atoms with Crippen LogP contribution in [0.4, 0.5) is 5.69 Å². The Kier molecular flexibility index (Phi) is 6.12. The van der Waals surface area contributed by atoms with E-state index in [2.05, 4.69) is 5.32 Å². The number of nitrogens with one attached hydrogen (secondary N) is 1. The number of anilines is 1. The Hall–Kier alpha value is -0.420. The summed E-state index contributed by atoms with van der Waals surface area (Å²) in [6.45, 7) is 2.42. The lowest BCUT2D eigenvalue weighted by molar-refractivity contribution is -0.113. The number of benzene rings is 1. The predicted molar refractivity (Wildman–Crippen MR) is 76.2 cm³/mol. The van der Waals surface area contributed by atoms with Crippen molar-refractivity contribution in [3.05, 3.63) is 27.7 Å². The van der Waals surface area contributed by atoms with E-state index in [4.69, 9.17) is 28.9 Å². The molecule has 0 aliphatic rings. The first-order valence-electron chi connectivity index (χ1n) is 5.08. The molecule has 94 valence electrons. The highest BCUT2D eigenvalue weighted by Crippen LogP contribution is 2.32. The zero-order chi connectivity index (χ0) is 12.8. The van der Waals surface area contributed by atoms with Crippen molar-refractivity contribution in [2.45, 2.75) is 6.92 Å². The average molecular weight is 293 g/mol. The van der Waals surface area contributed by atoms with E-state index in [0.717, 1.165) is 11.3 Å². The predicted octanol–water partition coefficient (Wildman–Crippen LogP) is 2.93. The maximum absolute atomic E-state index is 11.6. The third-order valence-electron chi connectivity index (χ3n) is 2.04. The van der Waals surface area contributed by atoms with E-state index in [0.29, 0.717) is 28.0 Å². The summed E-state index contributed by atoms with van der Waals surface area (Å²) in [5.74, 6) is 0.971. The molecule has 17 heavy (non-hydrogen) atoms. The molecule has 0 fully saturated rings. The van der Waals surface area contributed by atoms with Crippen LogP contribution >= 0.6 is 35.0 Å². The van der Waals surface area contributed by atoms with Crippen molar-refractivity contribution < 1.29 is 4.79 Å². The number of hydrogen-bond donors (Lipinski definition) is 2. The van der Waals surface area contributed by atoms with Crippen LogP contribution in [0.2, 0.25) is 10.0 Å². The first-order valence-corrected chi connectivity index (χ1v) is 6.99. The number of carbonyl (C=O) groups is 1. The quantitative estimate of drug-likeness (QED) is 0.821. The maximum Gasteiger partial charge on any atom is 0.234 e. The van der Waals surface area contributed by atoms with E-state index < -0.39 is 0 Å². The molecule has 0 unspecified atom stereocenters. The molecule has 0 aliphatic carbocycles. The van der Waals surface area contributed by atoms with Crippen LogP contribution in [0.15, 0.2) is 12.1 Å². The van der Waals surface area contributed by atoms with Crippen molar-refractivity contribution in [1.82, 2.24) is 0 Å². The molecule has 3 N–H and O–H groups in total. The van der Waals surface area contributed by atoms with E-state index >= 15 is 0 Å². The average Bonchev–Trinajstić information content (AvgIpc) is 2.30. The highest BCUT2D eigenvalue weighted by atomic mass is 35.5. The second kappa shape index (κ2) is 7.11. The fourth-order valence-electron chi connectivity index (χ4n) is 1.19. The molecular formula is C11H14Cl2N2OS. The van der Waals surface area contributed by atoms with E-state index in [-0.39, 0.29) is 5.91 Å². The number of amides is 1. The van der Waals surface area contributed by atoms with E-state index in [9.17, 15) is 4.79 Å². The Morgan fingerprint density at radius 1 is 1.47 bits per heavy atom. The normalized spacial score (nSPS) is 10.4. The fraction of sp³-hybridized carbons (Fsp3) is 0.364. The number of thioether (sulfide) groups is 1. The van der Waals surface area contributed by atoms with Gasteiger partial charge in [-0.2, -0.15) is 11.8 Å². The van der Waals surface area contributed by atoms with Crippen molar-refractivity contribution in [1.29, 1.82) is 0 Å². The third kappa shape index (κ3) is 4.39. The van der Waals surface area contributed by atoms with Crippen LogP contribution in [0.25, 0.3) is 0 Å². The van der Waals surface area contributed by atoms with Gasteiger partial charge in [0.1, 0.15) is 0 Å². The molecule has 1 aromatic carbocycles. The van der Waals surface area contributed by atoms with Gasteiger partial charge in [0.15, 0.2) is 0 Å². The summed E-state index contributed by atoms with van der Waals surface area (Å²) in [7, 11) is 0. The second-order valence-corrected chi connectivity index (χ2v) is 5.33. The van der Waals surface area contributed by atoms with Gasteiger partial charge in [-0.05, 0) is 18.6 Å². The summed E-state index contributed by atoms with van der Waals surface area (Å²) in [6.07, 6.45) is 0. The summed E-state index contributed by atoms with van der Waals surface area (Å²) >= 11 is 13.5. The standard InChI is InChI=1S/C11H14Cl2N2OS/c1-7-2-3-8(12)11(10(7)13)15-9(16)6-17-5-4-14/h2-3H,4-6,14H2,1H3,(H,15,16). The van der Waals surface area contributed by atoms with Crippen LogP contribution in [0.3, 0.4) is 0 Å². The molecule has 0 radical (unpaired) electrons. The van der Waals surface area contributed by atoms with Crippen molar-refractivity contribution in [3.8, 4) is 0 Å². The maximum atomic E-state index is 11.6. The highest BCUT2D eigenvalue weighted by Gasteiger charge is 2.11. The van der Waals surface area contributed by atoms with Crippen LogP contribution in [0.5, 0.6) is 0 Å². The van der Waals surface area contributed by atoms with Crippen LogP contribution in [0.1, 0.15) is 5.56 Å². The number of halogens is 2. The minimum absolute atomic E-state index is 0.127. The number of nitrogens with two attached hydrogens (primary N) is 1. The molecule has 3 nitrogen and oxygen atoms in total. The Morgan fingerprint density at radius 3 is 2.82 bits per heavy atom. The van der Waals surface area contributed by atoms with E-state index in [1.807, 2.05) is 13.0 Å². The molecule has 6 heteroatoms. The summed E-state index contributed by atoms with van der Waals surface area (Å²) in [5, 5.41) is 3.64. The summed E-state index contributed by atoms with van der Waals surface area (Å²) in [5.41, 5.74) is 6.69. The highest BCUT2D eigenvalue weighted by molar-refractivity contribution is 7.99. The zero-order valence-electron chi connectivity index (χ0n) is 9.43. The molecule has 0 aromatic heterocycles. The number of hydrogen-bond acceptors (Lipinski definition) is 3. The smallest absolute Gasteiger partial charge is 0.234 e. The van der Waals surface area contributed by atoms with Gasteiger partial charge in [0.2, 0.25) is 5.91 Å². The van der Waals surface area contributed by atoms with Gasteiger partial charge in [-0.1, -0.05) is 29.3 Å². The monoisotopic (exact) mass is 292 g/mol. The Bertz CT molecular complexity index is 413. The Balaban J connectivity index is 2.68. The lowest BCUT2D eigenvalue weighted by Gasteiger charge is -2.10. The molecule has 0 saturated carbocycles. The minimum atomic E-state index is -0.127. The van der Waals surface area contributed by atoms with Gasteiger partial charge >= 0.3 is 0 Å². The van der Waals surface area contributed by atoms with Gasteiger partial charge in [-0.3, -0.25) is 4.79 Å². The molecule has 0 heterocycles. The fourth-order valence-corrected chi connectivity index (χ4v) is 2.23. The zero-order valence-corrected chi connectivity index (χ0v) is 11.8. The Morgan fingerprint density at radius 2 is 2.18 bits per heavy atom. The van der Waals surface area contributed by atoms with Gasteiger partial charge in [-0.15, -0.1) is 0 Å². The molecular weight excluding hydrogens is 279 g/mol. The number of rotatable bonds is 5. The lowest BCUT2D eigenvalue weighted by Crippen LogP contribution is -2.16. The van der Waals surface area contributed by atoms with Crippen LogP contribution in [0, 0.1) is 6.92 Å². The SMILES string of the molecule is Cc1ccc(Cl)c(NC(=O)CSCCN)c1Cl. The summed E-state index contributed by atoms with van der Waals surface area (Å²) < 4.78 is 0. The topological polar surface area (TPSA) is 55.1 Å². The summed E-state index contributed by atoms with van der Waals surface area (Å²) in [4.78, 5) is 11.6. The largest absolute Gasteiger partial charge is 0.330 e. The van der Waals surface area contributed by atoms with Crippen LogP contribution in [-0.4, -0.2) is 24.0 Å². The first-order chi connectivity index (χ1) is 8.06. The van der Waals surface area contributed by atoms with Gasteiger partial charge in [0.05, 0.1) is 21.5 Å². The molecule has 1 aromatic rings. The van der Waals surface area contributed by atoms with E-state index in [1.54, 1.807) is 6.07 Å². The van der Waals surface area contributed by atoms with Crippen molar-refractivity contribution in [2.24, 2.45) is 5.73 Å². The second-order valence-electron chi connectivity index (χ2n) is 3.44. The number of aryl methyl sites for hydroxylation is 1. The van der Waals surface area contributed by atoms with Crippen LogP contribution in [-0.2, 0) is 4.79 Å². The molecule has 0 spiro atoms. The first kappa shape index (κ1) is 14.6. The molecule has 1 rings (SSSR count). The van der Waals surface area contributed by atoms with Crippen molar-refractivity contribution in [3.63, 3.8) is 0 Å². The van der Waals surface area contributed by atoms with E-state index in [1.165, 1.54) is 11.8 Å². The van der Waals surface area contributed by atoms with Gasteiger partial charge in [0, 0.05) is 12.3 Å². The molecule has 0 aliphatic heterocycles. The van der Waals surface area contributed by atoms with Crippen molar-refractivity contribution >= 4 is 46.6 Å². The molecule has 0 bridgehead atoms. The van der Waals surface area contributed by atoms with Gasteiger partial charge in [-0.25, -0.2) is 0 Å². The van der Waals surface area contributed by atoms with Crippen LogP contribution < -0.4 is 11.1 Å². The molecule has 1 amide bonds. The van der Waals surface area contributed by atoms with Gasteiger partial charge < -0.3 is 11.1 Å². The lowest BCUT2D eigenvalue weighted by atomic mass is 10.2. The molecule has 0 atom stereocenters. The van der Waals surface area contributed by atoms with Crippen molar-refractivity contribution in [2.75, 3.05) is 23.4 Å².